The average molecular weight is 434 g/mol. The smallest absolute Gasteiger partial charge is 0.266 e. The van der Waals surface area contributed by atoms with Crippen LogP contribution >= 0.6 is 23.4 Å². The molecule has 0 aliphatic heterocycles. The van der Waals surface area contributed by atoms with E-state index < -0.39 is 5.82 Å². The number of hydrogen-bond acceptors (Lipinski definition) is 4. The molecular formula is C21H21ClFN3O2S. The van der Waals surface area contributed by atoms with Crippen LogP contribution in [0.4, 0.5) is 4.39 Å². The lowest BCUT2D eigenvalue weighted by Gasteiger charge is -2.15. The van der Waals surface area contributed by atoms with Crippen molar-refractivity contribution in [3.05, 3.63) is 63.7 Å². The third-order valence-electron chi connectivity index (χ3n) is 4.37. The number of fused-ring (bicyclic) bond motifs is 1. The number of carbonyl (C=O) groups is 1. The van der Waals surface area contributed by atoms with Crippen molar-refractivity contribution in [2.24, 2.45) is 0 Å². The number of para-hydroxylation sites is 1. The molecule has 5 nitrogen and oxygen atoms in total. The minimum absolute atomic E-state index is 0.0794. The monoisotopic (exact) mass is 433 g/mol. The van der Waals surface area contributed by atoms with Crippen LogP contribution in [0, 0.1) is 5.82 Å². The van der Waals surface area contributed by atoms with Crippen molar-refractivity contribution < 1.29 is 9.18 Å². The molecule has 0 aliphatic rings. The zero-order valence-electron chi connectivity index (χ0n) is 16.1. The first-order valence-electron chi connectivity index (χ1n) is 9.30. The fourth-order valence-corrected chi connectivity index (χ4v) is 4.01. The fraction of sp³-hybridized carbons (Fsp3) is 0.286. The van der Waals surface area contributed by atoms with Crippen LogP contribution in [0.5, 0.6) is 0 Å². The molecule has 0 bridgehead atoms. The molecule has 1 heterocycles. The van der Waals surface area contributed by atoms with E-state index in [4.69, 9.17) is 11.6 Å². The van der Waals surface area contributed by atoms with Gasteiger partial charge in [0.25, 0.3) is 5.56 Å². The van der Waals surface area contributed by atoms with Gasteiger partial charge >= 0.3 is 0 Å². The van der Waals surface area contributed by atoms with E-state index in [2.05, 4.69) is 17.2 Å². The van der Waals surface area contributed by atoms with E-state index >= 15 is 0 Å². The Balaban J connectivity index is 2.00. The van der Waals surface area contributed by atoms with Crippen LogP contribution in [0.1, 0.15) is 26.7 Å². The quantitative estimate of drug-likeness (QED) is 0.437. The molecule has 0 saturated carbocycles. The SMILES string of the molecule is CCCC(C)NC(=O)CSc1nc2ccccc2c(=O)n1-c1ccc(F)c(Cl)c1. The highest BCUT2D eigenvalue weighted by atomic mass is 35.5. The van der Waals surface area contributed by atoms with Crippen LogP contribution in [0.25, 0.3) is 16.6 Å². The number of carbonyl (C=O) groups excluding carboxylic acids is 1. The topological polar surface area (TPSA) is 64.0 Å². The molecule has 1 aromatic heterocycles. The average Bonchev–Trinajstić information content (AvgIpc) is 2.69. The number of aromatic nitrogens is 2. The summed E-state index contributed by atoms with van der Waals surface area (Å²) in [7, 11) is 0. The predicted octanol–water partition coefficient (Wildman–Crippen LogP) is 4.58. The molecule has 1 atom stereocenters. The summed E-state index contributed by atoms with van der Waals surface area (Å²) in [6, 6.07) is 11.1. The molecule has 1 unspecified atom stereocenters. The van der Waals surface area contributed by atoms with Gasteiger partial charge < -0.3 is 5.32 Å². The molecular weight excluding hydrogens is 413 g/mol. The largest absolute Gasteiger partial charge is 0.353 e. The highest BCUT2D eigenvalue weighted by molar-refractivity contribution is 7.99. The predicted molar refractivity (Wildman–Crippen MR) is 116 cm³/mol. The second-order valence-electron chi connectivity index (χ2n) is 6.70. The van der Waals surface area contributed by atoms with Crippen LogP contribution in [0.15, 0.2) is 52.4 Å². The summed E-state index contributed by atoms with van der Waals surface area (Å²) in [6.45, 7) is 4.01. The van der Waals surface area contributed by atoms with E-state index in [0.717, 1.165) is 24.6 Å². The number of nitrogens with one attached hydrogen (secondary N) is 1. The lowest BCUT2D eigenvalue weighted by Crippen LogP contribution is -2.34. The Labute approximate surface area is 177 Å². The molecule has 0 saturated heterocycles. The normalized spacial score (nSPS) is 12.1. The third-order valence-corrected chi connectivity index (χ3v) is 5.60. The van der Waals surface area contributed by atoms with E-state index in [1.165, 1.54) is 22.8 Å². The number of halogens is 2. The second kappa shape index (κ2) is 9.41. The van der Waals surface area contributed by atoms with Gasteiger partial charge in [-0.2, -0.15) is 0 Å². The van der Waals surface area contributed by atoms with Crippen molar-refractivity contribution in [1.29, 1.82) is 0 Å². The summed E-state index contributed by atoms with van der Waals surface area (Å²) in [5.74, 6) is -0.605. The maximum atomic E-state index is 13.6. The van der Waals surface area contributed by atoms with Gasteiger partial charge in [-0.25, -0.2) is 9.37 Å². The van der Waals surface area contributed by atoms with Gasteiger partial charge in [0.1, 0.15) is 5.82 Å². The molecule has 1 amide bonds. The van der Waals surface area contributed by atoms with E-state index in [1.807, 2.05) is 6.92 Å². The number of rotatable bonds is 7. The van der Waals surface area contributed by atoms with Gasteiger partial charge in [0.2, 0.25) is 5.91 Å². The fourth-order valence-electron chi connectivity index (χ4n) is 3.01. The lowest BCUT2D eigenvalue weighted by atomic mass is 10.2. The molecule has 0 fully saturated rings. The van der Waals surface area contributed by atoms with Crippen LogP contribution in [0.2, 0.25) is 5.02 Å². The van der Waals surface area contributed by atoms with Crippen molar-refractivity contribution in [2.75, 3.05) is 5.75 Å². The number of hydrogen-bond donors (Lipinski definition) is 1. The molecule has 152 valence electrons. The summed E-state index contributed by atoms with van der Waals surface area (Å²) in [5, 5.41) is 3.61. The van der Waals surface area contributed by atoms with E-state index in [-0.39, 0.29) is 28.3 Å². The van der Waals surface area contributed by atoms with Gasteiger partial charge in [-0.3, -0.25) is 14.2 Å². The van der Waals surface area contributed by atoms with Gasteiger partial charge in [0, 0.05) is 6.04 Å². The maximum absolute atomic E-state index is 13.6. The summed E-state index contributed by atoms with van der Waals surface area (Å²) < 4.78 is 15.0. The van der Waals surface area contributed by atoms with E-state index in [0.29, 0.717) is 21.7 Å². The lowest BCUT2D eigenvalue weighted by molar-refractivity contribution is -0.119. The minimum Gasteiger partial charge on any atom is -0.353 e. The number of amides is 1. The number of nitrogens with zero attached hydrogens (tertiary/aromatic N) is 2. The van der Waals surface area contributed by atoms with Gasteiger partial charge in [-0.15, -0.1) is 0 Å². The second-order valence-corrected chi connectivity index (χ2v) is 8.05. The Bertz CT molecular complexity index is 1100. The Hall–Kier alpha value is -2.38. The Morgan fingerprint density at radius 2 is 2.07 bits per heavy atom. The van der Waals surface area contributed by atoms with Crippen molar-refractivity contribution in [3.8, 4) is 5.69 Å². The first-order valence-corrected chi connectivity index (χ1v) is 10.7. The van der Waals surface area contributed by atoms with Gasteiger partial charge in [-0.05, 0) is 43.7 Å². The van der Waals surface area contributed by atoms with E-state index in [9.17, 15) is 14.0 Å². The molecule has 1 N–H and O–H groups in total. The zero-order chi connectivity index (χ0) is 21.0. The van der Waals surface area contributed by atoms with Crippen molar-refractivity contribution >= 4 is 40.2 Å². The van der Waals surface area contributed by atoms with Crippen molar-refractivity contribution in [1.82, 2.24) is 14.9 Å². The highest BCUT2D eigenvalue weighted by Gasteiger charge is 2.16. The van der Waals surface area contributed by atoms with E-state index in [1.54, 1.807) is 24.3 Å². The van der Waals surface area contributed by atoms with Crippen molar-refractivity contribution in [2.45, 2.75) is 37.9 Å². The maximum Gasteiger partial charge on any atom is 0.266 e. The molecule has 8 heteroatoms. The summed E-state index contributed by atoms with van der Waals surface area (Å²) >= 11 is 7.07. The minimum atomic E-state index is -0.573. The Morgan fingerprint density at radius 3 is 2.79 bits per heavy atom. The number of thioether (sulfide) groups is 1. The van der Waals surface area contributed by atoms with Gasteiger partial charge in [0.15, 0.2) is 5.16 Å². The van der Waals surface area contributed by atoms with Gasteiger partial charge in [0.05, 0.1) is 27.4 Å². The van der Waals surface area contributed by atoms with Crippen LogP contribution in [0.3, 0.4) is 0 Å². The molecule has 2 aromatic carbocycles. The standard InChI is InChI=1S/C21H21ClFN3O2S/c1-3-6-13(2)24-19(27)12-29-21-25-18-8-5-4-7-15(18)20(28)26(21)14-9-10-17(23)16(22)11-14/h4-5,7-11,13H,3,6,12H2,1-2H3,(H,24,27). The first kappa shape index (κ1) is 21.3. The Morgan fingerprint density at radius 1 is 1.31 bits per heavy atom. The molecule has 0 spiro atoms. The molecule has 3 aromatic rings. The molecule has 0 aliphatic carbocycles. The van der Waals surface area contributed by atoms with Crippen LogP contribution in [-0.4, -0.2) is 27.3 Å². The summed E-state index contributed by atoms with van der Waals surface area (Å²) in [5.41, 5.74) is 0.617. The van der Waals surface area contributed by atoms with Gasteiger partial charge in [-0.1, -0.05) is 48.8 Å². The number of benzene rings is 2. The highest BCUT2D eigenvalue weighted by Crippen LogP contribution is 2.24. The first-order chi connectivity index (χ1) is 13.9. The van der Waals surface area contributed by atoms with Crippen molar-refractivity contribution in [3.63, 3.8) is 0 Å². The Kier molecular flexibility index (Phi) is 6.92. The zero-order valence-corrected chi connectivity index (χ0v) is 17.7. The molecule has 0 radical (unpaired) electrons. The van der Waals surface area contributed by atoms with Crippen LogP contribution < -0.4 is 10.9 Å². The summed E-state index contributed by atoms with van der Waals surface area (Å²) in [6.07, 6.45) is 1.87. The third kappa shape index (κ3) is 4.97. The van der Waals surface area contributed by atoms with Crippen LogP contribution in [-0.2, 0) is 4.79 Å². The molecule has 3 rings (SSSR count). The summed E-state index contributed by atoms with van der Waals surface area (Å²) in [4.78, 5) is 30.0. The molecule has 29 heavy (non-hydrogen) atoms.